The molecule has 1 N–H and O–H groups in total. The number of benzene rings is 4. The Morgan fingerprint density at radius 2 is 1.28 bits per heavy atom. The molecule has 2 amide bonds. The molecule has 2 aliphatic rings. The van der Waals surface area contributed by atoms with Crippen LogP contribution in [0.5, 0.6) is 0 Å². The summed E-state index contributed by atoms with van der Waals surface area (Å²) in [4.78, 5) is 31.5. The molecule has 2 fully saturated rings. The van der Waals surface area contributed by atoms with Crippen molar-refractivity contribution in [3.8, 4) is 0 Å². The standard InChI is InChI=1S/C39H43N3O4/c1-37(2,3)46-36(44)42-34-24-25-38(42,28-40-35(43)45-27-30-16-8-4-9-17-30)29-41(26-34)39(31-18-10-5-11-19-31,32-20-12-6-13-21-32)33-22-14-7-15-23-33/h4-23,34H,24-29H2,1-3H3,(H,40,43). The van der Waals surface area contributed by atoms with Gasteiger partial charge in [-0.05, 0) is 55.9 Å². The summed E-state index contributed by atoms with van der Waals surface area (Å²) >= 11 is 0. The Morgan fingerprint density at radius 3 is 1.78 bits per heavy atom. The summed E-state index contributed by atoms with van der Waals surface area (Å²) in [6.07, 6.45) is 0.661. The zero-order valence-corrected chi connectivity index (χ0v) is 26.9. The molecule has 4 aromatic rings. The maximum Gasteiger partial charge on any atom is 0.411 e. The minimum Gasteiger partial charge on any atom is -0.445 e. The fourth-order valence-electron chi connectivity index (χ4n) is 7.31. The quantitative estimate of drug-likeness (QED) is 0.209. The van der Waals surface area contributed by atoms with Crippen molar-refractivity contribution >= 4 is 12.2 Å². The molecule has 238 valence electrons. The fraction of sp³-hybridized carbons (Fsp3) is 0.333. The molecule has 0 aliphatic carbocycles. The molecule has 2 atom stereocenters. The highest BCUT2D eigenvalue weighted by molar-refractivity contribution is 5.72. The largest absolute Gasteiger partial charge is 0.445 e. The first-order valence-corrected chi connectivity index (χ1v) is 16.1. The molecule has 2 heterocycles. The van der Waals surface area contributed by atoms with Crippen molar-refractivity contribution in [3.05, 3.63) is 144 Å². The smallest absolute Gasteiger partial charge is 0.411 e. The van der Waals surface area contributed by atoms with Crippen molar-refractivity contribution in [2.45, 2.75) is 62.9 Å². The minimum atomic E-state index is -0.722. The fourth-order valence-corrected chi connectivity index (χ4v) is 7.31. The monoisotopic (exact) mass is 617 g/mol. The molecule has 2 saturated heterocycles. The number of hydrogen-bond donors (Lipinski definition) is 1. The molecular weight excluding hydrogens is 574 g/mol. The Hall–Kier alpha value is -4.62. The SMILES string of the molecule is CC(C)(C)OC(=O)N1C2CCC1(CNC(=O)OCc1ccccc1)CN(C(c1ccccc1)(c1ccccc1)c1ccccc1)C2. The molecular formula is C39H43N3O4. The Kier molecular flexibility index (Phi) is 8.87. The lowest BCUT2D eigenvalue weighted by atomic mass is 9.74. The number of fused-ring (bicyclic) bond motifs is 2. The summed E-state index contributed by atoms with van der Waals surface area (Å²) in [6.45, 7) is 7.23. The molecule has 46 heavy (non-hydrogen) atoms. The molecule has 0 spiro atoms. The van der Waals surface area contributed by atoms with Gasteiger partial charge >= 0.3 is 12.2 Å². The number of carbonyl (C=O) groups is 2. The predicted octanol–water partition coefficient (Wildman–Crippen LogP) is 7.36. The Morgan fingerprint density at radius 1 is 0.783 bits per heavy atom. The number of nitrogens with zero attached hydrogens (tertiary/aromatic N) is 2. The number of nitrogens with one attached hydrogen (secondary N) is 1. The van der Waals surface area contributed by atoms with Crippen LogP contribution in [0.3, 0.4) is 0 Å². The summed E-state index contributed by atoms with van der Waals surface area (Å²) in [7, 11) is 0. The number of carbonyl (C=O) groups excluding carboxylic acids is 2. The molecule has 0 aromatic heterocycles. The van der Waals surface area contributed by atoms with Crippen LogP contribution in [-0.4, -0.2) is 58.8 Å². The third-order valence-corrected chi connectivity index (χ3v) is 9.15. The van der Waals surface area contributed by atoms with Crippen molar-refractivity contribution < 1.29 is 19.1 Å². The Bertz CT molecular complexity index is 1510. The van der Waals surface area contributed by atoms with Crippen LogP contribution in [0.2, 0.25) is 0 Å². The molecule has 7 nitrogen and oxygen atoms in total. The van der Waals surface area contributed by atoms with Crippen LogP contribution < -0.4 is 5.32 Å². The average molecular weight is 618 g/mol. The van der Waals surface area contributed by atoms with Crippen LogP contribution in [-0.2, 0) is 21.6 Å². The Balaban J connectivity index is 1.40. The van der Waals surface area contributed by atoms with Gasteiger partial charge in [-0.3, -0.25) is 9.80 Å². The average Bonchev–Trinajstić information content (AvgIpc) is 3.31. The van der Waals surface area contributed by atoms with Gasteiger partial charge in [0.15, 0.2) is 0 Å². The number of piperazine rings is 1. The van der Waals surface area contributed by atoms with E-state index >= 15 is 0 Å². The summed E-state index contributed by atoms with van der Waals surface area (Å²) in [6, 6.07) is 41.3. The zero-order chi connectivity index (χ0) is 32.2. The highest BCUT2D eigenvalue weighted by Gasteiger charge is 2.58. The molecule has 2 unspecified atom stereocenters. The van der Waals surface area contributed by atoms with E-state index < -0.39 is 22.8 Å². The lowest BCUT2D eigenvalue weighted by molar-refractivity contribution is -0.0484. The van der Waals surface area contributed by atoms with E-state index in [0.717, 1.165) is 35.1 Å². The zero-order valence-electron chi connectivity index (χ0n) is 26.9. The maximum atomic E-state index is 13.9. The van der Waals surface area contributed by atoms with Crippen molar-refractivity contribution in [3.63, 3.8) is 0 Å². The van der Waals surface area contributed by atoms with Gasteiger partial charge in [0.25, 0.3) is 0 Å². The van der Waals surface area contributed by atoms with Crippen molar-refractivity contribution in [2.75, 3.05) is 19.6 Å². The van der Waals surface area contributed by atoms with Crippen LogP contribution in [0.1, 0.15) is 55.9 Å². The number of rotatable bonds is 8. The van der Waals surface area contributed by atoms with Crippen LogP contribution in [0.4, 0.5) is 9.59 Å². The highest BCUT2D eigenvalue weighted by atomic mass is 16.6. The third kappa shape index (κ3) is 6.24. The van der Waals surface area contributed by atoms with E-state index in [9.17, 15) is 9.59 Å². The lowest BCUT2D eigenvalue weighted by Crippen LogP contribution is -2.70. The summed E-state index contributed by atoms with van der Waals surface area (Å²) in [5.41, 5.74) is 2.31. The van der Waals surface area contributed by atoms with Crippen molar-refractivity contribution in [2.24, 2.45) is 0 Å². The van der Waals surface area contributed by atoms with E-state index in [2.05, 4.69) is 83.0 Å². The van der Waals surface area contributed by atoms with E-state index in [1.165, 1.54) is 0 Å². The third-order valence-electron chi connectivity index (χ3n) is 9.15. The van der Waals surface area contributed by atoms with E-state index in [-0.39, 0.29) is 25.3 Å². The first kappa shape index (κ1) is 31.4. The number of ether oxygens (including phenoxy) is 2. The van der Waals surface area contributed by atoms with Crippen molar-refractivity contribution in [1.82, 2.24) is 15.1 Å². The molecule has 0 saturated carbocycles. The number of likely N-dealkylation sites (tertiary alicyclic amines) is 1. The van der Waals surface area contributed by atoms with E-state index in [4.69, 9.17) is 9.47 Å². The topological polar surface area (TPSA) is 71.1 Å². The number of amides is 2. The van der Waals surface area contributed by atoms with Crippen LogP contribution in [0.25, 0.3) is 0 Å². The molecule has 2 bridgehead atoms. The summed E-state index contributed by atoms with van der Waals surface area (Å²) in [5, 5.41) is 3.04. The van der Waals surface area contributed by atoms with Gasteiger partial charge in [0.1, 0.15) is 12.2 Å². The van der Waals surface area contributed by atoms with Crippen LogP contribution in [0, 0.1) is 0 Å². The highest BCUT2D eigenvalue weighted by Crippen LogP contribution is 2.49. The van der Waals surface area contributed by atoms with Gasteiger partial charge < -0.3 is 14.8 Å². The van der Waals surface area contributed by atoms with Gasteiger partial charge in [-0.15, -0.1) is 0 Å². The van der Waals surface area contributed by atoms with Gasteiger partial charge in [-0.2, -0.15) is 0 Å². The molecule has 7 heteroatoms. The summed E-state index contributed by atoms with van der Waals surface area (Å²) < 4.78 is 11.6. The van der Waals surface area contributed by atoms with Gasteiger partial charge in [0, 0.05) is 25.7 Å². The van der Waals surface area contributed by atoms with Gasteiger partial charge in [-0.1, -0.05) is 121 Å². The normalized spacial score (nSPS) is 19.8. The second-order valence-corrected chi connectivity index (χ2v) is 13.4. The predicted molar refractivity (Wildman–Crippen MR) is 179 cm³/mol. The number of alkyl carbamates (subject to hydrolysis) is 1. The van der Waals surface area contributed by atoms with Crippen molar-refractivity contribution in [1.29, 1.82) is 0 Å². The van der Waals surface area contributed by atoms with Gasteiger partial charge in [0.05, 0.1) is 11.1 Å². The van der Waals surface area contributed by atoms with Crippen LogP contribution >= 0.6 is 0 Å². The minimum absolute atomic E-state index is 0.110. The van der Waals surface area contributed by atoms with E-state index in [0.29, 0.717) is 13.1 Å². The summed E-state index contributed by atoms with van der Waals surface area (Å²) in [5.74, 6) is 0. The Labute approximate surface area is 272 Å². The molecule has 0 radical (unpaired) electrons. The first-order chi connectivity index (χ1) is 22.2. The van der Waals surface area contributed by atoms with E-state index in [1.54, 1.807) is 0 Å². The van der Waals surface area contributed by atoms with Crippen LogP contribution in [0.15, 0.2) is 121 Å². The second kappa shape index (κ2) is 13.0. The lowest BCUT2D eigenvalue weighted by Gasteiger charge is -2.55. The number of hydrogen-bond acceptors (Lipinski definition) is 5. The molecule has 4 aromatic carbocycles. The first-order valence-electron chi connectivity index (χ1n) is 16.1. The maximum absolute atomic E-state index is 13.9. The van der Waals surface area contributed by atoms with Gasteiger partial charge in [0.2, 0.25) is 0 Å². The van der Waals surface area contributed by atoms with Gasteiger partial charge in [-0.25, -0.2) is 9.59 Å². The van der Waals surface area contributed by atoms with E-state index in [1.807, 2.05) is 74.2 Å². The molecule has 6 rings (SSSR count). The molecule has 2 aliphatic heterocycles. The second-order valence-electron chi connectivity index (χ2n) is 13.4.